The van der Waals surface area contributed by atoms with E-state index in [1.165, 1.54) is 136 Å². The normalized spacial score (nSPS) is 10.5. The van der Waals surface area contributed by atoms with Crippen LogP contribution in [0.1, 0.15) is 77.9 Å². The highest BCUT2D eigenvalue weighted by atomic mass is 32.1. The van der Waals surface area contributed by atoms with Crippen molar-refractivity contribution in [3.63, 3.8) is 0 Å². The summed E-state index contributed by atoms with van der Waals surface area (Å²) in [6.07, 6.45) is 5.32. The second-order valence-corrected chi connectivity index (χ2v) is 22.2. The first kappa shape index (κ1) is 56.2. The number of benzene rings is 9. The van der Waals surface area contributed by atoms with Gasteiger partial charge in [0.05, 0.1) is 18.8 Å². The van der Waals surface area contributed by atoms with E-state index in [0.29, 0.717) is 0 Å². The first-order valence-corrected chi connectivity index (χ1v) is 27.9. The highest BCUT2D eigenvalue weighted by Crippen LogP contribution is 2.27. The lowest BCUT2D eigenvalue weighted by Crippen LogP contribution is -1.80. The van der Waals surface area contributed by atoms with Gasteiger partial charge < -0.3 is 8.83 Å². The number of hydrogen-bond acceptors (Lipinski definition) is 4. The smallest absolute Gasteiger partial charge is 0.136 e. The number of thiophene rings is 2. The van der Waals surface area contributed by atoms with Crippen molar-refractivity contribution in [1.82, 2.24) is 0 Å². The zero-order valence-corrected chi connectivity index (χ0v) is 48.7. The minimum Gasteiger partial charge on any atom is -0.471 e. The van der Waals surface area contributed by atoms with Crippen LogP contribution >= 0.6 is 22.7 Å². The van der Waals surface area contributed by atoms with Crippen molar-refractivity contribution in [3.8, 4) is 0 Å². The van der Waals surface area contributed by atoms with Gasteiger partial charge in [0.25, 0.3) is 0 Å². The molecule has 0 amide bonds. The number of rotatable bonds is 0. The molecule has 2 nitrogen and oxygen atoms in total. The highest BCUT2D eigenvalue weighted by molar-refractivity contribution is 7.17. The summed E-state index contributed by atoms with van der Waals surface area (Å²) < 4.78 is 11.8. The molecule has 0 unspecified atom stereocenters. The third-order valence-corrected chi connectivity index (χ3v) is 15.1. The van der Waals surface area contributed by atoms with Crippen molar-refractivity contribution in [2.75, 3.05) is 0 Å². The van der Waals surface area contributed by atoms with Gasteiger partial charge in [0.1, 0.15) is 5.58 Å². The molecule has 386 valence electrons. The van der Waals surface area contributed by atoms with E-state index in [1.54, 1.807) is 30.1 Å². The lowest BCUT2D eigenvalue weighted by atomic mass is 10.0. The lowest BCUT2D eigenvalue weighted by Gasteiger charge is -2.02. The fourth-order valence-corrected chi connectivity index (χ4v) is 11.7. The Hall–Kier alpha value is -7.50. The largest absolute Gasteiger partial charge is 0.471 e. The standard InChI is InChI=1S/2C12H12.2C10H10O.2C10H10S.C8H10/c2*1-9-7-10(2)12-6-4-3-5-11(12)8-9;1-7-3-8(2)10-6-11-5-9(10)4-7;1-7-5-8(2)10-9(6-7)3-4-11-10;1-7-3-8(2)10-6-11-5-9(10)4-7;1-7-5-8(2)10-9(6-7)3-4-11-10;1-7-4-3-5-8(2)6-7/h2*3-8H,1-2H3;4*3-6H,1-2H3;3-6H,1-2H3. The van der Waals surface area contributed by atoms with Crippen LogP contribution < -0.4 is 0 Å². The Labute approximate surface area is 460 Å². The summed E-state index contributed by atoms with van der Waals surface area (Å²) in [5.41, 5.74) is 19.7. The van der Waals surface area contributed by atoms with Gasteiger partial charge in [-0.1, -0.05) is 178 Å². The van der Waals surface area contributed by atoms with E-state index in [-0.39, 0.29) is 0 Å². The van der Waals surface area contributed by atoms with Gasteiger partial charge in [0.15, 0.2) is 0 Å². The van der Waals surface area contributed by atoms with Crippen molar-refractivity contribution in [1.29, 1.82) is 0 Å². The highest BCUT2D eigenvalue weighted by Gasteiger charge is 2.03. The van der Waals surface area contributed by atoms with Crippen LogP contribution in [0.25, 0.3) is 64.1 Å². The third-order valence-electron chi connectivity index (χ3n) is 13.3. The first-order valence-electron chi connectivity index (χ1n) is 26.1. The molecule has 0 aliphatic carbocycles. The molecule has 4 aromatic heterocycles. The van der Waals surface area contributed by atoms with Gasteiger partial charge in [-0.3, -0.25) is 0 Å². The van der Waals surface area contributed by atoms with Gasteiger partial charge in [-0.05, 0) is 208 Å². The summed E-state index contributed by atoms with van der Waals surface area (Å²) in [5.74, 6) is 0. The molecule has 9 aromatic carbocycles. The Morgan fingerprint density at radius 3 is 1.32 bits per heavy atom. The van der Waals surface area contributed by atoms with Crippen LogP contribution in [0.15, 0.2) is 201 Å². The maximum atomic E-state index is 5.30. The Kier molecular flexibility index (Phi) is 19.5. The summed E-state index contributed by atoms with van der Waals surface area (Å²) in [6, 6.07) is 56.0. The molecule has 0 fully saturated rings. The van der Waals surface area contributed by atoms with E-state index >= 15 is 0 Å². The van der Waals surface area contributed by atoms with Gasteiger partial charge in [-0.15, -0.1) is 11.3 Å². The molecular weight excluding hydrogens is 961 g/mol. The van der Waals surface area contributed by atoms with Crippen LogP contribution in [0.3, 0.4) is 0 Å². The number of aryl methyl sites for hydroxylation is 14. The van der Waals surface area contributed by atoms with Crippen LogP contribution in [-0.2, 0) is 0 Å². The minimum absolute atomic E-state index is 1.01. The monoisotopic (exact) mass is 1030 g/mol. The Morgan fingerprint density at radius 2 is 0.763 bits per heavy atom. The molecule has 0 N–H and O–H groups in total. The minimum atomic E-state index is 1.01. The second-order valence-electron chi connectivity index (χ2n) is 20.5. The number of fused-ring (bicyclic) bond motifs is 6. The van der Waals surface area contributed by atoms with Gasteiger partial charge in [-0.2, -0.15) is 11.3 Å². The number of furan rings is 2. The van der Waals surface area contributed by atoms with E-state index < -0.39 is 0 Å². The second kappa shape index (κ2) is 26.3. The molecule has 0 aliphatic rings. The van der Waals surface area contributed by atoms with Gasteiger partial charge in [-0.25, -0.2) is 0 Å². The van der Waals surface area contributed by atoms with Crippen molar-refractivity contribution < 1.29 is 8.83 Å². The Balaban J connectivity index is 0.000000129. The fraction of sp³-hybridized carbons (Fsp3) is 0.194. The topological polar surface area (TPSA) is 26.3 Å². The van der Waals surface area contributed by atoms with Crippen LogP contribution in [0, 0.1) is 96.9 Å². The Morgan fingerprint density at radius 1 is 0.303 bits per heavy atom. The van der Waals surface area contributed by atoms with E-state index in [1.807, 2.05) is 17.4 Å². The van der Waals surface area contributed by atoms with E-state index in [4.69, 9.17) is 8.83 Å². The summed E-state index contributed by atoms with van der Waals surface area (Å²) in [7, 11) is 0. The molecular formula is C72H74O2S2. The quantitative estimate of drug-likeness (QED) is 0.151. The third kappa shape index (κ3) is 15.3. The zero-order valence-electron chi connectivity index (χ0n) is 47.1. The van der Waals surface area contributed by atoms with E-state index in [0.717, 1.165) is 5.58 Å². The first-order chi connectivity index (χ1) is 36.4. The summed E-state index contributed by atoms with van der Waals surface area (Å²) in [4.78, 5) is 0. The molecule has 4 heterocycles. The van der Waals surface area contributed by atoms with Gasteiger partial charge in [0, 0.05) is 20.9 Å². The van der Waals surface area contributed by atoms with Gasteiger partial charge in [0.2, 0.25) is 0 Å². The maximum Gasteiger partial charge on any atom is 0.136 e. The average molecular weight is 1040 g/mol. The lowest BCUT2D eigenvalue weighted by molar-refractivity contribution is 0.572. The van der Waals surface area contributed by atoms with Crippen molar-refractivity contribution in [2.45, 2.75) is 96.9 Å². The zero-order chi connectivity index (χ0) is 54.5. The molecule has 0 bridgehead atoms. The SMILES string of the molecule is Cc1cc(C)c2ccccc2c1.Cc1cc(C)c2ccccc2c1.Cc1cc(C)c2cocc2c1.Cc1cc(C)c2cscc2c1.Cc1cc(C)c2occc2c1.Cc1cc(C)c2sccc2c1.Cc1cccc(C)c1. The molecule has 0 atom stereocenters. The molecule has 4 heteroatoms. The van der Waals surface area contributed by atoms with E-state index in [2.05, 4.69) is 265 Å². The molecule has 0 radical (unpaired) electrons. The Bertz CT molecular complexity index is 3590. The maximum absolute atomic E-state index is 5.30. The molecule has 76 heavy (non-hydrogen) atoms. The van der Waals surface area contributed by atoms with Crippen molar-refractivity contribution in [2.24, 2.45) is 0 Å². The summed E-state index contributed by atoms with van der Waals surface area (Å²) in [5, 5.41) is 19.8. The molecule has 0 saturated heterocycles. The molecule has 13 rings (SSSR count). The van der Waals surface area contributed by atoms with Crippen LogP contribution in [-0.4, -0.2) is 0 Å². The van der Waals surface area contributed by atoms with Crippen LogP contribution in [0.2, 0.25) is 0 Å². The molecule has 0 aliphatic heterocycles. The molecule has 0 saturated carbocycles. The predicted molar refractivity (Wildman–Crippen MR) is 337 cm³/mol. The summed E-state index contributed by atoms with van der Waals surface area (Å²) >= 11 is 3.60. The number of hydrogen-bond donors (Lipinski definition) is 0. The fourth-order valence-electron chi connectivity index (χ4n) is 9.97. The van der Waals surface area contributed by atoms with Crippen LogP contribution in [0.5, 0.6) is 0 Å². The molecule has 13 aromatic rings. The average Bonchev–Trinajstić information content (AvgIpc) is 4.22. The van der Waals surface area contributed by atoms with Crippen LogP contribution in [0.4, 0.5) is 0 Å². The van der Waals surface area contributed by atoms with E-state index in [9.17, 15) is 0 Å². The van der Waals surface area contributed by atoms with Crippen molar-refractivity contribution in [3.05, 3.63) is 271 Å². The van der Waals surface area contributed by atoms with Gasteiger partial charge >= 0.3 is 0 Å². The predicted octanol–water partition coefficient (Wildman–Crippen LogP) is 22.4. The van der Waals surface area contributed by atoms with Crippen molar-refractivity contribution >= 4 is 86.8 Å². The summed E-state index contributed by atoms with van der Waals surface area (Å²) in [6.45, 7) is 29.8. The molecule has 0 spiro atoms.